The highest BCUT2D eigenvalue weighted by Gasteiger charge is 2.06. The fourth-order valence-corrected chi connectivity index (χ4v) is 2.72. The quantitative estimate of drug-likeness (QED) is 0.145. The predicted octanol–water partition coefficient (Wildman–Crippen LogP) is 6.52. The molecule has 0 fully saturated rings. The van der Waals surface area contributed by atoms with Crippen molar-refractivity contribution >= 4 is 11.9 Å². The number of carbonyl (C=O) groups is 2. The summed E-state index contributed by atoms with van der Waals surface area (Å²) < 4.78 is 10.2. The Kier molecular flexibility index (Phi) is 20.0. The molecule has 0 radical (unpaired) electrons. The standard InChI is InChI=1S/C23H42O4/c1-3-5-7-8-9-10-11-12-13-14-15-16-21-27-23(25)19-17-18-22(24)26-20-6-4-2/h14-15H,3-13,16-21H2,1-2H3/b15-14+. The van der Waals surface area contributed by atoms with Crippen molar-refractivity contribution in [3.63, 3.8) is 0 Å². The van der Waals surface area contributed by atoms with Gasteiger partial charge in [-0.1, -0.05) is 77.4 Å². The number of hydrogen-bond acceptors (Lipinski definition) is 4. The SMILES string of the molecule is CCCCCCCCCC/C=C/CCOC(=O)CCCC(=O)OCCCC. The molecule has 0 aromatic heterocycles. The zero-order valence-corrected chi connectivity index (χ0v) is 17.8. The Bertz CT molecular complexity index is 377. The van der Waals surface area contributed by atoms with Gasteiger partial charge in [-0.05, 0) is 32.1 Å². The summed E-state index contributed by atoms with van der Waals surface area (Å²) in [6, 6.07) is 0. The van der Waals surface area contributed by atoms with Crippen LogP contribution in [0.15, 0.2) is 12.2 Å². The number of unbranched alkanes of at least 4 members (excludes halogenated alkanes) is 9. The maximum absolute atomic E-state index is 11.6. The van der Waals surface area contributed by atoms with E-state index in [1.165, 1.54) is 51.4 Å². The van der Waals surface area contributed by atoms with Gasteiger partial charge in [0.05, 0.1) is 13.2 Å². The van der Waals surface area contributed by atoms with Gasteiger partial charge in [0, 0.05) is 12.8 Å². The highest BCUT2D eigenvalue weighted by molar-refractivity contribution is 5.72. The van der Waals surface area contributed by atoms with E-state index in [4.69, 9.17) is 9.47 Å². The molecule has 0 rings (SSSR count). The van der Waals surface area contributed by atoms with Crippen LogP contribution in [0.2, 0.25) is 0 Å². The average molecular weight is 383 g/mol. The normalized spacial score (nSPS) is 11.0. The van der Waals surface area contributed by atoms with E-state index in [2.05, 4.69) is 26.0 Å². The molecule has 4 heteroatoms. The minimum absolute atomic E-state index is 0.222. The molecule has 0 atom stereocenters. The maximum Gasteiger partial charge on any atom is 0.305 e. The van der Waals surface area contributed by atoms with Crippen LogP contribution in [0.4, 0.5) is 0 Å². The second kappa shape index (κ2) is 21.0. The number of esters is 2. The molecule has 0 aromatic rings. The Morgan fingerprint density at radius 1 is 0.593 bits per heavy atom. The van der Waals surface area contributed by atoms with Crippen molar-refractivity contribution in [3.05, 3.63) is 12.2 Å². The first kappa shape index (κ1) is 25.7. The lowest BCUT2D eigenvalue weighted by molar-refractivity contribution is -0.145. The van der Waals surface area contributed by atoms with Gasteiger partial charge in [-0.25, -0.2) is 0 Å². The summed E-state index contributed by atoms with van der Waals surface area (Å²) in [6.45, 7) is 5.20. The van der Waals surface area contributed by atoms with Gasteiger partial charge >= 0.3 is 11.9 Å². The summed E-state index contributed by atoms with van der Waals surface area (Å²) in [7, 11) is 0. The third-order valence-electron chi connectivity index (χ3n) is 4.46. The first-order valence-corrected chi connectivity index (χ1v) is 11.2. The van der Waals surface area contributed by atoms with Crippen LogP contribution >= 0.6 is 0 Å². The van der Waals surface area contributed by atoms with Crippen LogP contribution in [-0.4, -0.2) is 25.2 Å². The van der Waals surface area contributed by atoms with Crippen LogP contribution in [0.3, 0.4) is 0 Å². The highest BCUT2D eigenvalue weighted by Crippen LogP contribution is 2.10. The number of ether oxygens (including phenoxy) is 2. The van der Waals surface area contributed by atoms with E-state index in [0.29, 0.717) is 19.6 Å². The first-order chi connectivity index (χ1) is 13.2. The summed E-state index contributed by atoms with van der Waals surface area (Å²) in [5, 5.41) is 0. The minimum Gasteiger partial charge on any atom is -0.466 e. The molecule has 0 aromatic carbocycles. The van der Waals surface area contributed by atoms with Gasteiger partial charge in [0.15, 0.2) is 0 Å². The van der Waals surface area contributed by atoms with Crippen LogP contribution in [0.1, 0.15) is 110 Å². The van der Waals surface area contributed by atoms with Crippen molar-refractivity contribution in [2.24, 2.45) is 0 Å². The van der Waals surface area contributed by atoms with Gasteiger partial charge in [0.25, 0.3) is 0 Å². The Hall–Kier alpha value is -1.32. The second-order valence-corrected chi connectivity index (χ2v) is 7.17. The van der Waals surface area contributed by atoms with E-state index in [1.807, 2.05) is 0 Å². The number of rotatable bonds is 19. The molecular formula is C23H42O4. The molecule has 0 heterocycles. The molecule has 0 bridgehead atoms. The van der Waals surface area contributed by atoms with Crippen LogP contribution in [0, 0.1) is 0 Å². The molecule has 0 aliphatic rings. The van der Waals surface area contributed by atoms with Crippen LogP contribution in [0.5, 0.6) is 0 Å². The third kappa shape index (κ3) is 20.8. The highest BCUT2D eigenvalue weighted by atomic mass is 16.5. The van der Waals surface area contributed by atoms with Gasteiger partial charge < -0.3 is 9.47 Å². The third-order valence-corrected chi connectivity index (χ3v) is 4.46. The lowest BCUT2D eigenvalue weighted by Crippen LogP contribution is -2.09. The largest absolute Gasteiger partial charge is 0.466 e. The fourth-order valence-electron chi connectivity index (χ4n) is 2.72. The van der Waals surface area contributed by atoms with Crippen LogP contribution < -0.4 is 0 Å². The molecule has 158 valence electrons. The van der Waals surface area contributed by atoms with Gasteiger partial charge in [0.1, 0.15) is 0 Å². The molecule has 0 aliphatic carbocycles. The van der Waals surface area contributed by atoms with Gasteiger partial charge in [0.2, 0.25) is 0 Å². The van der Waals surface area contributed by atoms with Crippen molar-refractivity contribution in [1.29, 1.82) is 0 Å². The van der Waals surface area contributed by atoms with E-state index in [1.54, 1.807) is 0 Å². The topological polar surface area (TPSA) is 52.6 Å². The molecule has 0 spiro atoms. The molecule has 0 saturated heterocycles. The van der Waals surface area contributed by atoms with Gasteiger partial charge in [-0.2, -0.15) is 0 Å². The molecule has 0 aliphatic heterocycles. The first-order valence-electron chi connectivity index (χ1n) is 11.2. The monoisotopic (exact) mass is 382 g/mol. The molecule has 0 amide bonds. The molecular weight excluding hydrogens is 340 g/mol. The van der Waals surface area contributed by atoms with Crippen LogP contribution in [-0.2, 0) is 19.1 Å². The molecule has 0 N–H and O–H groups in total. The minimum atomic E-state index is -0.229. The summed E-state index contributed by atoms with van der Waals surface area (Å²) in [4.78, 5) is 23.0. The molecule has 0 saturated carbocycles. The lowest BCUT2D eigenvalue weighted by Gasteiger charge is -2.04. The molecule has 0 unspecified atom stereocenters. The summed E-state index contributed by atoms with van der Waals surface area (Å²) in [6.07, 6.45) is 19.9. The number of allylic oxidation sites excluding steroid dienone is 1. The van der Waals surface area contributed by atoms with Crippen LogP contribution in [0.25, 0.3) is 0 Å². The Morgan fingerprint density at radius 3 is 1.74 bits per heavy atom. The summed E-state index contributed by atoms with van der Waals surface area (Å²) in [5.74, 6) is -0.451. The van der Waals surface area contributed by atoms with Crippen molar-refractivity contribution in [2.75, 3.05) is 13.2 Å². The van der Waals surface area contributed by atoms with E-state index in [-0.39, 0.29) is 24.8 Å². The van der Waals surface area contributed by atoms with Crippen molar-refractivity contribution in [3.8, 4) is 0 Å². The van der Waals surface area contributed by atoms with Gasteiger partial charge in [-0.3, -0.25) is 9.59 Å². The van der Waals surface area contributed by atoms with E-state index < -0.39 is 0 Å². The second-order valence-electron chi connectivity index (χ2n) is 7.17. The Morgan fingerprint density at radius 2 is 1.11 bits per heavy atom. The van der Waals surface area contributed by atoms with E-state index in [0.717, 1.165) is 25.7 Å². The molecule has 4 nitrogen and oxygen atoms in total. The predicted molar refractivity (Wildman–Crippen MR) is 112 cm³/mol. The summed E-state index contributed by atoms with van der Waals surface area (Å²) >= 11 is 0. The van der Waals surface area contributed by atoms with Gasteiger partial charge in [-0.15, -0.1) is 0 Å². The zero-order chi connectivity index (χ0) is 20.0. The van der Waals surface area contributed by atoms with E-state index in [9.17, 15) is 9.59 Å². The average Bonchev–Trinajstić information content (AvgIpc) is 2.65. The van der Waals surface area contributed by atoms with E-state index >= 15 is 0 Å². The van der Waals surface area contributed by atoms with Crippen molar-refractivity contribution in [1.82, 2.24) is 0 Å². The van der Waals surface area contributed by atoms with Crippen molar-refractivity contribution in [2.45, 2.75) is 110 Å². The van der Waals surface area contributed by atoms with Crippen molar-refractivity contribution < 1.29 is 19.1 Å². The zero-order valence-electron chi connectivity index (χ0n) is 17.8. The Labute approximate surface area is 167 Å². The fraction of sp³-hybridized carbons (Fsp3) is 0.826. The maximum atomic E-state index is 11.6. The smallest absolute Gasteiger partial charge is 0.305 e. The molecule has 27 heavy (non-hydrogen) atoms. The Balaban J connectivity index is 3.34. The summed E-state index contributed by atoms with van der Waals surface area (Å²) in [5.41, 5.74) is 0. The lowest BCUT2D eigenvalue weighted by atomic mass is 10.1. The number of hydrogen-bond donors (Lipinski definition) is 0. The number of carbonyl (C=O) groups excluding carboxylic acids is 2.